The van der Waals surface area contributed by atoms with Crippen LogP contribution in [0.2, 0.25) is 0 Å². The number of rotatable bonds is 9. The second-order valence-electron chi connectivity index (χ2n) is 10.3. The first-order valence-corrected chi connectivity index (χ1v) is 13.3. The molecule has 5 heteroatoms. The average molecular weight is 501 g/mol. The number of amides is 2. The summed E-state index contributed by atoms with van der Waals surface area (Å²) in [7, 11) is 0. The van der Waals surface area contributed by atoms with E-state index in [0.29, 0.717) is 6.42 Å². The van der Waals surface area contributed by atoms with Crippen LogP contribution in [0.25, 0.3) is 0 Å². The summed E-state index contributed by atoms with van der Waals surface area (Å²) in [5.74, 6) is -0.558. The molecular weight excluding hydrogens is 463 g/mol. The van der Waals surface area contributed by atoms with Gasteiger partial charge in [0.05, 0.1) is 6.42 Å². The Morgan fingerprint density at radius 1 is 0.919 bits per heavy atom. The lowest BCUT2D eigenvalue weighted by Crippen LogP contribution is -2.53. The van der Waals surface area contributed by atoms with E-state index in [1.54, 1.807) is 17.0 Å². The first-order chi connectivity index (χ1) is 17.9. The van der Waals surface area contributed by atoms with Gasteiger partial charge in [-0.25, -0.2) is 4.39 Å². The normalized spacial score (nSPS) is 14.7. The van der Waals surface area contributed by atoms with E-state index >= 15 is 0 Å². The molecule has 3 aromatic carbocycles. The van der Waals surface area contributed by atoms with Crippen molar-refractivity contribution in [3.63, 3.8) is 0 Å². The van der Waals surface area contributed by atoms with Crippen molar-refractivity contribution in [1.82, 2.24) is 10.2 Å². The number of nitrogens with zero attached hydrogens (tertiary/aromatic N) is 1. The van der Waals surface area contributed by atoms with E-state index < -0.39 is 6.04 Å². The molecule has 0 saturated heterocycles. The molecule has 0 aliphatic heterocycles. The van der Waals surface area contributed by atoms with Crippen molar-refractivity contribution in [3.05, 3.63) is 106 Å². The smallest absolute Gasteiger partial charge is 0.243 e. The van der Waals surface area contributed by atoms with Crippen molar-refractivity contribution in [1.29, 1.82) is 0 Å². The summed E-state index contributed by atoms with van der Waals surface area (Å²) in [6.07, 6.45) is 5.98. The number of halogens is 1. The molecule has 194 valence electrons. The van der Waals surface area contributed by atoms with Crippen LogP contribution in [0.4, 0.5) is 4.39 Å². The number of carbonyl (C=O) groups excluding carboxylic acids is 2. The molecule has 1 aliphatic carbocycles. The minimum atomic E-state index is -0.674. The highest BCUT2D eigenvalue weighted by Crippen LogP contribution is 2.21. The zero-order chi connectivity index (χ0) is 26.2. The number of hydrogen-bond donors (Lipinski definition) is 1. The molecule has 1 N–H and O–H groups in total. The van der Waals surface area contributed by atoms with Gasteiger partial charge >= 0.3 is 0 Å². The molecule has 0 radical (unpaired) electrons. The number of carbonyl (C=O) groups is 2. The Labute approximate surface area is 219 Å². The Kier molecular flexibility index (Phi) is 9.10. The maximum Gasteiger partial charge on any atom is 0.243 e. The standard InChI is InChI=1S/C32H37FN2O2/c1-23-13-14-24(2)27(19-23)21-31(36)35(22-26-15-17-28(33)18-16-26)30(20-25-9-5-3-6-10-25)32(37)34-29-11-7-4-8-12-29/h3,5-6,9-10,13-19,29-30H,4,7-8,11-12,20-22H2,1-2H3,(H,34,37). The van der Waals surface area contributed by atoms with Crippen LogP contribution in [0.1, 0.15) is 59.9 Å². The lowest BCUT2D eigenvalue weighted by molar-refractivity contribution is -0.141. The highest BCUT2D eigenvalue weighted by Gasteiger charge is 2.32. The van der Waals surface area contributed by atoms with Gasteiger partial charge in [0.1, 0.15) is 11.9 Å². The van der Waals surface area contributed by atoms with Gasteiger partial charge in [0.15, 0.2) is 0 Å². The summed E-state index contributed by atoms with van der Waals surface area (Å²) >= 11 is 0. The first kappa shape index (κ1) is 26.6. The Balaban J connectivity index is 1.67. The third kappa shape index (κ3) is 7.51. The van der Waals surface area contributed by atoms with Crippen LogP contribution in [-0.2, 0) is 29.0 Å². The molecule has 3 aromatic rings. The van der Waals surface area contributed by atoms with Crippen LogP contribution in [0.15, 0.2) is 72.8 Å². The van der Waals surface area contributed by atoms with Crippen molar-refractivity contribution < 1.29 is 14.0 Å². The quantitative estimate of drug-likeness (QED) is 0.387. The molecular formula is C32H37FN2O2. The summed E-state index contributed by atoms with van der Waals surface area (Å²) in [5, 5.41) is 3.26. The van der Waals surface area contributed by atoms with Gasteiger partial charge in [-0.3, -0.25) is 9.59 Å². The van der Waals surface area contributed by atoms with E-state index in [9.17, 15) is 14.0 Å². The Morgan fingerprint density at radius 3 is 2.32 bits per heavy atom. The van der Waals surface area contributed by atoms with Crippen LogP contribution in [-0.4, -0.2) is 28.8 Å². The van der Waals surface area contributed by atoms with E-state index in [0.717, 1.165) is 53.5 Å². The van der Waals surface area contributed by atoms with Gasteiger partial charge in [-0.05, 0) is 61.1 Å². The molecule has 1 unspecified atom stereocenters. The summed E-state index contributed by atoms with van der Waals surface area (Å²) in [6, 6.07) is 21.6. The van der Waals surface area contributed by atoms with Gasteiger partial charge in [-0.15, -0.1) is 0 Å². The number of aryl methyl sites for hydroxylation is 2. The summed E-state index contributed by atoms with van der Waals surface area (Å²) < 4.78 is 13.6. The maximum atomic E-state index is 13.9. The molecule has 0 heterocycles. The van der Waals surface area contributed by atoms with Crippen LogP contribution in [0.3, 0.4) is 0 Å². The third-order valence-corrected chi connectivity index (χ3v) is 7.34. The maximum absolute atomic E-state index is 13.9. The SMILES string of the molecule is Cc1ccc(C)c(CC(=O)N(Cc2ccc(F)cc2)C(Cc2ccccc2)C(=O)NC2CCCCC2)c1. The molecule has 37 heavy (non-hydrogen) atoms. The van der Waals surface area contributed by atoms with Gasteiger partial charge in [0.2, 0.25) is 11.8 Å². The minimum absolute atomic E-state index is 0.113. The molecule has 4 nitrogen and oxygen atoms in total. The van der Waals surface area contributed by atoms with E-state index in [4.69, 9.17) is 0 Å². The fraction of sp³-hybridized carbons (Fsp3) is 0.375. The monoisotopic (exact) mass is 500 g/mol. The number of nitrogens with one attached hydrogen (secondary N) is 1. The highest BCUT2D eigenvalue weighted by atomic mass is 19.1. The largest absolute Gasteiger partial charge is 0.352 e. The minimum Gasteiger partial charge on any atom is -0.352 e. The van der Waals surface area contributed by atoms with Gasteiger partial charge in [0, 0.05) is 19.0 Å². The molecule has 1 aliphatic rings. The van der Waals surface area contributed by atoms with E-state index in [1.807, 2.05) is 62.4 Å². The van der Waals surface area contributed by atoms with Crippen LogP contribution in [0.5, 0.6) is 0 Å². The predicted molar refractivity (Wildman–Crippen MR) is 146 cm³/mol. The topological polar surface area (TPSA) is 49.4 Å². The Hall–Kier alpha value is -3.47. The van der Waals surface area contributed by atoms with Crippen LogP contribution < -0.4 is 5.32 Å². The number of benzene rings is 3. The lowest BCUT2D eigenvalue weighted by atomic mass is 9.94. The van der Waals surface area contributed by atoms with E-state index in [1.165, 1.54) is 18.6 Å². The predicted octanol–water partition coefficient (Wildman–Crippen LogP) is 6.07. The fourth-order valence-corrected chi connectivity index (χ4v) is 5.14. The second kappa shape index (κ2) is 12.7. The first-order valence-electron chi connectivity index (χ1n) is 13.3. The average Bonchev–Trinajstić information content (AvgIpc) is 2.90. The zero-order valence-corrected chi connectivity index (χ0v) is 21.9. The molecule has 1 atom stereocenters. The fourth-order valence-electron chi connectivity index (χ4n) is 5.14. The molecule has 1 saturated carbocycles. The summed E-state index contributed by atoms with van der Waals surface area (Å²) in [6.45, 7) is 4.25. The van der Waals surface area contributed by atoms with Crippen molar-refractivity contribution in [2.45, 2.75) is 77.4 Å². The van der Waals surface area contributed by atoms with Gasteiger partial charge < -0.3 is 10.2 Å². The Bertz CT molecular complexity index is 1190. The van der Waals surface area contributed by atoms with Crippen molar-refractivity contribution >= 4 is 11.8 Å². The van der Waals surface area contributed by atoms with Crippen molar-refractivity contribution in [2.24, 2.45) is 0 Å². The highest BCUT2D eigenvalue weighted by molar-refractivity contribution is 5.89. The Morgan fingerprint density at radius 2 is 1.62 bits per heavy atom. The van der Waals surface area contributed by atoms with Gasteiger partial charge in [0.25, 0.3) is 0 Å². The van der Waals surface area contributed by atoms with Gasteiger partial charge in [-0.1, -0.05) is 85.5 Å². The van der Waals surface area contributed by atoms with Crippen molar-refractivity contribution in [3.8, 4) is 0 Å². The van der Waals surface area contributed by atoms with Gasteiger partial charge in [-0.2, -0.15) is 0 Å². The second-order valence-corrected chi connectivity index (χ2v) is 10.3. The molecule has 0 spiro atoms. The number of hydrogen-bond acceptors (Lipinski definition) is 2. The molecule has 1 fully saturated rings. The summed E-state index contributed by atoms with van der Waals surface area (Å²) in [5.41, 5.74) is 4.88. The molecule has 0 bridgehead atoms. The lowest BCUT2D eigenvalue weighted by Gasteiger charge is -2.33. The van der Waals surface area contributed by atoms with E-state index in [-0.39, 0.29) is 36.6 Å². The zero-order valence-electron chi connectivity index (χ0n) is 21.9. The molecule has 4 rings (SSSR count). The van der Waals surface area contributed by atoms with Crippen LogP contribution >= 0.6 is 0 Å². The summed E-state index contributed by atoms with van der Waals surface area (Å²) in [4.78, 5) is 29.5. The molecule has 0 aromatic heterocycles. The van der Waals surface area contributed by atoms with E-state index in [2.05, 4.69) is 5.32 Å². The third-order valence-electron chi connectivity index (χ3n) is 7.34. The molecule has 2 amide bonds. The van der Waals surface area contributed by atoms with Crippen molar-refractivity contribution in [2.75, 3.05) is 0 Å². The van der Waals surface area contributed by atoms with Crippen LogP contribution in [0, 0.1) is 19.7 Å².